The Labute approximate surface area is 120 Å². The predicted molar refractivity (Wildman–Crippen MR) is 79.4 cm³/mol. The minimum Gasteiger partial charge on any atom is -0.294 e. The molecule has 0 aliphatic carbocycles. The summed E-state index contributed by atoms with van der Waals surface area (Å²) in [5, 5.41) is 0. The van der Waals surface area contributed by atoms with Crippen molar-refractivity contribution in [2.75, 3.05) is 13.6 Å². The van der Waals surface area contributed by atoms with Gasteiger partial charge in [-0.2, -0.15) is 0 Å². The minimum atomic E-state index is -3.77. The highest BCUT2D eigenvalue weighted by Gasteiger charge is 2.26. The number of sulfonamides is 1. The lowest BCUT2D eigenvalue weighted by atomic mass is 10.3. The van der Waals surface area contributed by atoms with Gasteiger partial charge < -0.3 is 0 Å². The predicted octanol–water partition coefficient (Wildman–Crippen LogP) is 2.07. The quantitative estimate of drug-likeness (QED) is 0.722. The summed E-state index contributed by atoms with van der Waals surface area (Å²) >= 11 is 0. The Balaban J connectivity index is 3.14. The third-order valence-corrected chi connectivity index (χ3v) is 4.79. The van der Waals surface area contributed by atoms with Crippen LogP contribution in [0.25, 0.3) is 6.08 Å². The maximum absolute atomic E-state index is 12.4. The lowest BCUT2D eigenvalue weighted by Crippen LogP contribution is -2.31. The first kappa shape index (κ1) is 16.5. The zero-order valence-corrected chi connectivity index (χ0v) is 12.9. The van der Waals surface area contributed by atoms with Gasteiger partial charge in [0.15, 0.2) is 5.78 Å². The van der Waals surface area contributed by atoms with Gasteiger partial charge >= 0.3 is 0 Å². The van der Waals surface area contributed by atoms with Crippen LogP contribution in [0.3, 0.4) is 0 Å². The average molecular weight is 296 g/mol. The molecule has 0 N–H and O–H groups in total. The number of hydrogen-bond acceptors (Lipinski definition) is 4. The van der Waals surface area contributed by atoms with E-state index < -0.39 is 15.8 Å². The molecule has 0 atom stereocenters. The molecule has 0 radical (unpaired) electrons. The van der Waals surface area contributed by atoms with Crippen molar-refractivity contribution in [3.8, 4) is 0 Å². The van der Waals surface area contributed by atoms with E-state index in [4.69, 9.17) is 0 Å². The highest BCUT2D eigenvalue weighted by molar-refractivity contribution is 7.94. The van der Waals surface area contributed by atoms with E-state index in [1.807, 2.05) is 6.92 Å². The van der Waals surface area contributed by atoms with Crippen molar-refractivity contribution in [2.45, 2.75) is 26.7 Å². The summed E-state index contributed by atoms with van der Waals surface area (Å²) in [7, 11) is -2.28. The van der Waals surface area contributed by atoms with Crippen molar-refractivity contribution in [3.05, 3.63) is 35.0 Å². The van der Waals surface area contributed by atoms with Crippen LogP contribution in [-0.4, -0.2) is 37.1 Å². The first-order valence-electron chi connectivity index (χ1n) is 6.49. The van der Waals surface area contributed by atoms with Gasteiger partial charge in [0, 0.05) is 19.8 Å². The monoisotopic (exact) mass is 296 g/mol. The number of pyridine rings is 1. The van der Waals surface area contributed by atoms with Gasteiger partial charge in [0.05, 0.1) is 5.69 Å². The fourth-order valence-corrected chi connectivity index (χ4v) is 2.96. The lowest BCUT2D eigenvalue weighted by molar-refractivity contribution is -0.112. The van der Waals surface area contributed by atoms with Crippen LogP contribution in [0, 0.1) is 0 Å². The number of unbranched alkanes of at least 4 members (excludes halogenated alkanes) is 1. The summed E-state index contributed by atoms with van der Waals surface area (Å²) in [6.45, 7) is 3.63. The van der Waals surface area contributed by atoms with Gasteiger partial charge in [0.2, 0.25) is 10.0 Å². The van der Waals surface area contributed by atoms with Gasteiger partial charge in [-0.1, -0.05) is 19.4 Å². The van der Waals surface area contributed by atoms with Crippen LogP contribution in [0.4, 0.5) is 0 Å². The van der Waals surface area contributed by atoms with Crippen LogP contribution < -0.4 is 0 Å². The van der Waals surface area contributed by atoms with Crippen LogP contribution in [0.1, 0.15) is 32.4 Å². The molecule has 0 aromatic carbocycles. The first-order chi connectivity index (χ1) is 9.39. The molecule has 5 nitrogen and oxygen atoms in total. The number of hydrogen-bond donors (Lipinski definition) is 0. The molecule has 0 saturated heterocycles. The number of nitrogens with zero attached hydrogens (tertiary/aromatic N) is 2. The Hall–Kier alpha value is -1.53. The molecule has 6 heteroatoms. The normalized spacial score (nSPS) is 12.7. The number of carbonyl (C=O) groups excluding carboxylic acids is 1. The van der Waals surface area contributed by atoms with Crippen molar-refractivity contribution < 1.29 is 13.2 Å². The molecule has 0 aliphatic heterocycles. The van der Waals surface area contributed by atoms with E-state index in [0.717, 1.165) is 12.8 Å². The molecule has 1 aromatic rings. The molecule has 1 rings (SSSR count). The van der Waals surface area contributed by atoms with Gasteiger partial charge in [-0.05, 0) is 31.6 Å². The molecule has 1 heterocycles. The highest BCUT2D eigenvalue weighted by Crippen LogP contribution is 2.16. The number of allylic oxidation sites excluding steroid dienone is 1. The van der Waals surface area contributed by atoms with E-state index in [1.165, 1.54) is 24.4 Å². The Morgan fingerprint density at radius 2 is 2.10 bits per heavy atom. The van der Waals surface area contributed by atoms with Gasteiger partial charge in [0.25, 0.3) is 0 Å². The molecule has 0 amide bonds. The molecule has 0 bridgehead atoms. The van der Waals surface area contributed by atoms with Gasteiger partial charge in [-0.3, -0.25) is 9.78 Å². The van der Waals surface area contributed by atoms with Crippen molar-refractivity contribution in [1.29, 1.82) is 0 Å². The molecule has 0 fully saturated rings. The fourth-order valence-electron chi connectivity index (χ4n) is 1.62. The number of rotatable bonds is 7. The zero-order chi connectivity index (χ0) is 15.2. The topological polar surface area (TPSA) is 67.3 Å². The summed E-state index contributed by atoms with van der Waals surface area (Å²) in [4.78, 5) is 15.5. The van der Waals surface area contributed by atoms with Crippen LogP contribution in [0.5, 0.6) is 0 Å². The summed E-state index contributed by atoms with van der Waals surface area (Å²) in [5.74, 6) is -0.487. The molecule has 1 aromatic heterocycles. The Kier molecular flexibility index (Phi) is 6.04. The van der Waals surface area contributed by atoms with Gasteiger partial charge in [-0.15, -0.1) is 0 Å². The maximum Gasteiger partial charge on any atom is 0.246 e. The Morgan fingerprint density at radius 1 is 1.40 bits per heavy atom. The van der Waals surface area contributed by atoms with E-state index >= 15 is 0 Å². The van der Waals surface area contributed by atoms with Crippen LogP contribution >= 0.6 is 0 Å². The molecular formula is C14H20N2O3S. The summed E-state index contributed by atoms with van der Waals surface area (Å²) in [5.41, 5.74) is 0.449. The van der Waals surface area contributed by atoms with E-state index in [0.29, 0.717) is 12.2 Å². The summed E-state index contributed by atoms with van der Waals surface area (Å²) in [6, 6.07) is 5.13. The first-order valence-corrected chi connectivity index (χ1v) is 7.93. The molecule has 0 aliphatic rings. The SMILES string of the molecule is CCCCN(C)S(=O)(=O)/C(=C/c1ccccn1)C(C)=O. The molecule has 0 unspecified atom stereocenters. The number of carbonyl (C=O) groups is 1. The second-order valence-corrected chi connectivity index (χ2v) is 6.51. The smallest absolute Gasteiger partial charge is 0.246 e. The largest absolute Gasteiger partial charge is 0.294 e. The van der Waals surface area contributed by atoms with E-state index in [1.54, 1.807) is 24.4 Å². The molecule has 20 heavy (non-hydrogen) atoms. The minimum absolute atomic E-state index is 0.227. The standard InChI is InChI=1S/C14H20N2O3S/c1-4-5-10-16(3)20(18,19)14(12(2)17)11-13-8-6-7-9-15-13/h6-9,11H,4-5,10H2,1-3H3/b14-11+. The third-order valence-electron chi connectivity index (χ3n) is 2.83. The molecule has 0 saturated carbocycles. The Bertz CT molecular complexity index is 580. The second-order valence-electron chi connectivity index (χ2n) is 4.50. The van der Waals surface area contributed by atoms with E-state index in [9.17, 15) is 13.2 Å². The highest BCUT2D eigenvalue weighted by atomic mass is 32.2. The van der Waals surface area contributed by atoms with Crippen molar-refractivity contribution in [2.24, 2.45) is 0 Å². The van der Waals surface area contributed by atoms with E-state index in [-0.39, 0.29) is 4.91 Å². The third kappa shape index (κ3) is 4.25. The summed E-state index contributed by atoms with van der Waals surface area (Å²) in [6.07, 6.45) is 4.51. The Morgan fingerprint density at radius 3 is 2.60 bits per heavy atom. The number of Topliss-reactive ketones (excluding diaryl/α,β-unsaturated/α-hetero) is 1. The van der Waals surface area contributed by atoms with Crippen molar-refractivity contribution in [3.63, 3.8) is 0 Å². The average Bonchev–Trinajstić information content (AvgIpc) is 2.42. The molecule has 110 valence electrons. The van der Waals surface area contributed by atoms with Gasteiger partial charge in [0.1, 0.15) is 4.91 Å². The van der Waals surface area contributed by atoms with Crippen LogP contribution in [-0.2, 0) is 14.8 Å². The van der Waals surface area contributed by atoms with Crippen molar-refractivity contribution in [1.82, 2.24) is 9.29 Å². The van der Waals surface area contributed by atoms with E-state index in [2.05, 4.69) is 4.98 Å². The summed E-state index contributed by atoms with van der Waals surface area (Å²) < 4.78 is 26.0. The molecule has 0 spiro atoms. The maximum atomic E-state index is 12.4. The van der Waals surface area contributed by atoms with Crippen molar-refractivity contribution >= 4 is 21.9 Å². The van der Waals surface area contributed by atoms with Gasteiger partial charge in [-0.25, -0.2) is 12.7 Å². The lowest BCUT2D eigenvalue weighted by Gasteiger charge is -2.17. The number of ketones is 1. The van der Waals surface area contributed by atoms with Crippen LogP contribution in [0.2, 0.25) is 0 Å². The zero-order valence-electron chi connectivity index (χ0n) is 12.0. The second kappa shape index (κ2) is 7.31. The van der Waals surface area contributed by atoms with Crippen LogP contribution in [0.15, 0.2) is 29.3 Å². The molecular weight excluding hydrogens is 276 g/mol. The number of aromatic nitrogens is 1. The fraction of sp³-hybridized carbons (Fsp3) is 0.429.